The Kier molecular flexibility index (Phi) is 44.2. The van der Waals surface area contributed by atoms with Crippen molar-refractivity contribution in [2.24, 2.45) is 35.5 Å². The van der Waals surface area contributed by atoms with Gasteiger partial charge >= 0.3 is 0 Å². The largest absolute Gasteiger partial charge is 0.497 e. The van der Waals surface area contributed by atoms with Gasteiger partial charge in [0.15, 0.2) is 0 Å². The van der Waals surface area contributed by atoms with Crippen LogP contribution in [0.25, 0.3) is 66.8 Å². The Morgan fingerprint density at radius 1 is 0.228 bits per heavy atom. The highest BCUT2D eigenvalue weighted by molar-refractivity contribution is 5.86. The maximum absolute atomic E-state index is 7.02. The highest BCUT2D eigenvalue weighted by Crippen LogP contribution is 2.42. The molecule has 0 radical (unpaired) electrons. The van der Waals surface area contributed by atoms with Crippen LogP contribution < -0.4 is 56.8 Å². The molecular formula is C102H146O12. The molecule has 0 fully saturated rings. The fourth-order valence-corrected chi connectivity index (χ4v) is 14.2. The lowest BCUT2D eigenvalue weighted by Crippen LogP contribution is -2.12. The minimum atomic E-state index is 0.379. The Morgan fingerprint density at radius 2 is 0.412 bits per heavy atom. The van der Waals surface area contributed by atoms with Crippen molar-refractivity contribution >= 4 is 66.8 Å². The molecular weight excluding hydrogens is 1420 g/mol. The average molecular weight is 1560 g/mol. The number of ether oxygens (including phenoxy) is 12. The van der Waals surface area contributed by atoms with Crippen LogP contribution in [0.15, 0.2) is 85.4 Å². The van der Waals surface area contributed by atoms with Crippen molar-refractivity contribution in [3.63, 3.8) is 0 Å². The molecule has 0 spiro atoms. The van der Waals surface area contributed by atoms with E-state index in [1.54, 1.807) is 42.7 Å². The first-order valence-corrected chi connectivity index (χ1v) is 43.7. The first-order valence-electron chi connectivity index (χ1n) is 43.7. The summed E-state index contributed by atoms with van der Waals surface area (Å²) in [6.45, 7) is 34.8. The van der Waals surface area contributed by atoms with E-state index >= 15 is 0 Å². The molecule has 0 aliphatic heterocycles. The molecule has 12 heteroatoms. The fraction of sp³-hybridized carbons (Fsp3) is 0.529. The second-order valence-corrected chi connectivity index (χ2v) is 30.8. The second kappa shape index (κ2) is 53.5. The third kappa shape index (κ3) is 30.2. The number of methoxy groups -OCH3 is 6. The molecule has 0 saturated carbocycles. The van der Waals surface area contributed by atoms with Gasteiger partial charge in [0.25, 0.3) is 0 Å². The number of rotatable bonds is 59. The number of benzene rings is 6. The first-order chi connectivity index (χ1) is 55.6. The number of unbranched alkanes of at least 4 members (excludes halogenated alkanes) is 6. The summed E-state index contributed by atoms with van der Waals surface area (Å²) in [4.78, 5) is 0. The van der Waals surface area contributed by atoms with Crippen LogP contribution >= 0.6 is 0 Å². The van der Waals surface area contributed by atoms with Gasteiger partial charge in [-0.25, -0.2) is 0 Å². The summed E-state index contributed by atoms with van der Waals surface area (Å²) in [6, 6.07) is 26.8. The highest BCUT2D eigenvalue weighted by atomic mass is 16.5. The van der Waals surface area contributed by atoms with Gasteiger partial charge in [-0.2, -0.15) is 0 Å². The van der Waals surface area contributed by atoms with E-state index in [0.29, 0.717) is 98.1 Å². The molecule has 626 valence electrons. The lowest BCUT2D eigenvalue weighted by Gasteiger charge is -2.20. The quantitative estimate of drug-likeness (QED) is 0.0339. The summed E-state index contributed by atoms with van der Waals surface area (Å²) >= 11 is 0. The van der Waals surface area contributed by atoms with E-state index < -0.39 is 0 Å². The average Bonchev–Trinajstić information content (AvgIpc) is 0.801. The molecule has 12 nitrogen and oxygen atoms in total. The van der Waals surface area contributed by atoms with Crippen LogP contribution in [0, 0.1) is 35.5 Å². The van der Waals surface area contributed by atoms with Crippen molar-refractivity contribution in [3.8, 4) is 69.0 Å². The molecule has 6 aromatic rings. The molecule has 0 saturated heterocycles. The predicted octanol–water partition coefficient (Wildman–Crippen LogP) is 28.8. The number of hydrogen-bond donors (Lipinski definition) is 0. The molecule has 6 atom stereocenters. The third-order valence-electron chi connectivity index (χ3n) is 22.6. The topological polar surface area (TPSA) is 111 Å². The van der Waals surface area contributed by atoms with Gasteiger partial charge in [0, 0.05) is 61.2 Å². The molecule has 0 aromatic heterocycles. The fourth-order valence-electron chi connectivity index (χ4n) is 14.2. The maximum atomic E-state index is 7.02. The summed E-state index contributed by atoms with van der Waals surface area (Å²) < 4.78 is 78.0. The molecule has 0 amide bonds. The SMILES string of the molecule is C=Cc1cc(OC)c(/C=C/c2cc(OC)c(/C=C/c3cc(OC)c(/C=C/c4cc(OC)c(/C=C/c5cc(OC)c(/C=C/c6cc(OC)ccc6OCC(CC)CCCC)cc5OCC(CC)CCCC)cc4OCC(CC)CCCC)cc3OCC(CC)CCCC)cc2OCC(CC)CCCC)cc1OCC(CC)CCCC. The van der Waals surface area contributed by atoms with Crippen molar-refractivity contribution < 1.29 is 56.8 Å². The maximum Gasteiger partial charge on any atom is 0.127 e. The van der Waals surface area contributed by atoms with Gasteiger partial charge in [-0.1, -0.05) is 272 Å². The smallest absolute Gasteiger partial charge is 0.127 e. The Hall–Kier alpha value is -8.64. The summed E-state index contributed by atoms with van der Waals surface area (Å²) in [5.41, 5.74) is 9.61. The molecule has 114 heavy (non-hydrogen) atoms. The normalized spacial score (nSPS) is 13.4. The summed E-state index contributed by atoms with van der Waals surface area (Å²) in [7, 11) is 10.3. The highest BCUT2D eigenvalue weighted by Gasteiger charge is 2.22. The number of hydrogen-bond acceptors (Lipinski definition) is 12. The van der Waals surface area contributed by atoms with Crippen LogP contribution in [0.3, 0.4) is 0 Å². The van der Waals surface area contributed by atoms with Crippen LogP contribution in [0.4, 0.5) is 0 Å². The van der Waals surface area contributed by atoms with Gasteiger partial charge in [0.05, 0.1) is 82.3 Å². The Balaban J connectivity index is 1.48. The molecule has 0 aliphatic rings. The van der Waals surface area contributed by atoms with Crippen molar-refractivity contribution in [1.29, 1.82) is 0 Å². The monoisotopic (exact) mass is 1560 g/mol. The first kappa shape index (κ1) is 94.2. The zero-order chi connectivity index (χ0) is 82.4. The second-order valence-electron chi connectivity index (χ2n) is 30.8. The Bertz CT molecular complexity index is 3930. The summed E-state index contributed by atoms with van der Waals surface area (Å²) in [5.74, 6) is 11.4. The van der Waals surface area contributed by atoms with E-state index in [9.17, 15) is 0 Å². The van der Waals surface area contributed by atoms with Crippen LogP contribution in [-0.2, 0) is 0 Å². The minimum absolute atomic E-state index is 0.379. The van der Waals surface area contributed by atoms with Crippen molar-refractivity contribution in [2.75, 3.05) is 82.3 Å². The zero-order valence-electron chi connectivity index (χ0n) is 73.6. The van der Waals surface area contributed by atoms with Gasteiger partial charge in [-0.15, -0.1) is 0 Å². The predicted molar refractivity (Wildman–Crippen MR) is 486 cm³/mol. The van der Waals surface area contributed by atoms with Crippen LogP contribution in [0.1, 0.15) is 298 Å². The zero-order valence-corrected chi connectivity index (χ0v) is 73.6. The molecule has 0 heterocycles. The van der Waals surface area contributed by atoms with Crippen LogP contribution in [-0.4, -0.2) is 82.3 Å². The molecule has 6 unspecified atom stereocenters. The van der Waals surface area contributed by atoms with Gasteiger partial charge in [0.1, 0.15) is 69.0 Å². The van der Waals surface area contributed by atoms with Gasteiger partial charge in [-0.05, 0) is 153 Å². The molecule has 0 N–H and O–H groups in total. The van der Waals surface area contributed by atoms with Crippen molar-refractivity contribution in [1.82, 2.24) is 0 Å². The van der Waals surface area contributed by atoms with E-state index in [-0.39, 0.29) is 0 Å². The van der Waals surface area contributed by atoms with E-state index in [4.69, 9.17) is 56.8 Å². The van der Waals surface area contributed by atoms with Gasteiger partial charge in [0.2, 0.25) is 0 Å². The van der Waals surface area contributed by atoms with E-state index in [2.05, 4.69) is 205 Å². The van der Waals surface area contributed by atoms with E-state index in [0.717, 1.165) is 242 Å². The van der Waals surface area contributed by atoms with Crippen molar-refractivity contribution in [3.05, 3.63) is 147 Å². The minimum Gasteiger partial charge on any atom is -0.497 e. The molecule has 0 bridgehead atoms. The lowest BCUT2D eigenvalue weighted by molar-refractivity contribution is 0.232. The van der Waals surface area contributed by atoms with Crippen LogP contribution in [0.5, 0.6) is 69.0 Å². The molecule has 6 rings (SSSR count). The summed E-state index contributed by atoms with van der Waals surface area (Å²) in [6.07, 6.45) is 49.4. The lowest BCUT2D eigenvalue weighted by atomic mass is 9.99. The van der Waals surface area contributed by atoms with Crippen molar-refractivity contribution in [2.45, 2.75) is 237 Å². The standard InChI is InChI=1S/C102H146O12/c1-20-33-39-74(26-7)68-109-92-56-55-91(103-14)57-81(92)45-46-83-64-99(111-70-76(28-9)41-35-22-3)88(59-94(83)105-16)52-48-85-66-101(113-72-78(30-11)43-37-24-5)90(61-96(85)107-18)54-50-86-67-102(114-73-79(31-12)44-38-25-6)89(62-97(86)108-19)53-49-84-65-100(112-71-77(29-10)42-36-23-4)87(60-95(84)106-17)51-47-82-63-98(80(32-13)58-93(82)104-15)110-69-75(27-8)40-34-21-2/h32,45-67,74-79H,13,20-31,33-44,68-73H2,1-12,14-19H3/b46-45+,51-47+,52-48+,53-49+,54-50+. The van der Waals surface area contributed by atoms with Gasteiger partial charge in [-0.3, -0.25) is 0 Å². The van der Waals surface area contributed by atoms with E-state index in [1.165, 1.54) is 19.3 Å². The Morgan fingerprint density at radius 3 is 0.605 bits per heavy atom. The van der Waals surface area contributed by atoms with Gasteiger partial charge < -0.3 is 56.8 Å². The Labute approximate surface area is 690 Å². The van der Waals surface area contributed by atoms with E-state index in [1.807, 2.05) is 30.3 Å². The summed E-state index contributed by atoms with van der Waals surface area (Å²) in [5, 5.41) is 0. The third-order valence-corrected chi connectivity index (χ3v) is 22.6. The van der Waals surface area contributed by atoms with Crippen LogP contribution in [0.2, 0.25) is 0 Å². The molecule has 0 aliphatic carbocycles. The molecule has 6 aromatic carbocycles.